The average Bonchev–Trinajstić information content (AvgIpc) is 1.64. The molecule has 0 aromatic heterocycles. The lowest BCUT2D eigenvalue weighted by atomic mass is 10.0. The zero-order valence-electron chi connectivity index (χ0n) is 81.4. The predicted octanol–water partition coefficient (Wildman–Crippen LogP) is -9.99. The maximum atomic E-state index is 15.2. The number of fused-ring (bicyclic) bond motifs is 4. The molecule has 50 nitrogen and oxygen atoms in total. The van der Waals surface area contributed by atoms with Gasteiger partial charge in [0.25, 0.3) is 0 Å². The summed E-state index contributed by atoms with van der Waals surface area (Å²) in [4.78, 5) is 224. The van der Waals surface area contributed by atoms with Gasteiger partial charge in [0, 0.05) is 153 Å². The monoisotopic (exact) mass is 2080 g/mol. The second-order valence-electron chi connectivity index (χ2n) is 35.2. The molecule has 52 heteroatoms. The molecule has 812 valence electrons. The number of carbonyl (C=O) groups excluding carboxylic acids is 14. The molecule has 0 radical (unpaired) electrons. The molecule has 144 heavy (non-hydrogen) atoms. The van der Waals surface area contributed by atoms with Gasteiger partial charge in [0.05, 0.1) is 63.9 Å². The van der Waals surface area contributed by atoms with Crippen LogP contribution in [0.25, 0.3) is 0 Å². The standard InChI is InChI=1S/C92H150N18O32S2/c1-3-4-17-59(84(130)106-64-52-143-50-56-15-8-16-57(42-56)51-144-53-65(92(138)139)107-87(133)63(43-55-13-6-5-7-14-55)105-86(132)62(22-27-76(122)123)104-89(135)77(54(2)113)108-88(134)66-18-9-34-109(66)91(137)67-19-10-35-110(67)90(64)136)101-75(121)26-25-72(118)97-30-11-36-140-38-40-142-41-39-141-37-12-31-98-83(129)60(20-23-73(119)99-46-68(114)78(124)80(126)70(116)48-111)103-85(131)61(102-82(128)58(44-95-32-28-93)45-96-33-29-94)21-24-74(120)100-47-69(115)79(125)81(127)71(117)49-112/h5-8,13-16,42,54,58-71,77-81,95-96,111-117,124-127H,3-4,9-12,17-41,43-53,93-94H2,1-2H3,(H,97,118)(H,98,129)(H,99,119)(H,100,120)(H,101,121)(H,102,128)(H,103,131)(H,104,135)(H,105,132)(H,106,130)(H,107,133)(H,108,134)(H,122,123)(H,138,139)/t54-,59+,60+,61+,62+,63+,64+,65+,66+,67+,68+,69+,70-,71-,77+,78-,79-,80-,81-/m1/s1. The molecule has 3 aliphatic heterocycles. The van der Waals surface area contributed by atoms with E-state index in [4.69, 9.17) is 30.8 Å². The predicted molar refractivity (Wildman–Crippen MR) is 521 cm³/mol. The Kier molecular flexibility index (Phi) is 59.7. The number of aliphatic carboxylic acids is 2. The van der Waals surface area contributed by atoms with Gasteiger partial charge in [0.1, 0.15) is 97.0 Å². The van der Waals surface area contributed by atoms with Gasteiger partial charge < -0.3 is 176 Å². The summed E-state index contributed by atoms with van der Waals surface area (Å²) in [6.07, 6.45) is -18.5. The third kappa shape index (κ3) is 45.9. The van der Waals surface area contributed by atoms with Crippen molar-refractivity contribution in [2.45, 2.75) is 256 Å². The zero-order valence-corrected chi connectivity index (χ0v) is 83.0. The zero-order chi connectivity index (χ0) is 106. The van der Waals surface area contributed by atoms with Gasteiger partial charge in [-0.2, -0.15) is 23.5 Å². The Bertz CT molecular complexity index is 4310. The van der Waals surface area contributed by atoms with Crippen molar-refractivity contribution in [3.8, 4) is 0 Å². The number of rotatable bonds is 61. The Morgan fingerprint density at radius 3 is 1.51 bits per heavy atom. The number of amides is 14. The summed E-state index contributed by atoms with van der Waals surface area (Å²) in [5.41, 5.74) is 13.4. The first kappa shape index (κ1) is 124. The summed E-state index contributed by atoms with van der Waals surface area (Å²) < 4.78 is 16.9. The molecule has 19 atom stereocenters. The highest BCUT2D eigenvalue weighted by molar-refractivity contribution is 7.98. The number of ether oxygens (including phenoxy) is 3. The van der Waals surface area contributed by atoms with E-state index in [0.717, 1.165) is 11.1 Å². The summed E-state index contributed by atoms with van der Waals surface area (Å²) in [6, 6.07) is 1.19. The van der Waals surface area contributed by atoms with E-state index < -0.39 is 281 Å². The molecular weight excluding hydrogens is 1930 g/mol. The lowest BCUT2D eigenvalue weighted by molar-refractivity contribution is -0.148. The van der Waals surface area contributed by atoms with Crippen LogP contribution in [-0.2, 0) is 109 Å². The maximum Gasteiger partial charge on any atom is 0.327 e. The molecule has 3 aliphatic rings. The minimum Gasteiger partial charge on any atom is -0.481 e. The first-order valence-electron chi connectivity index (χ1n) is 48.6. The number of hydrogen-bond donors (Lipinski definition) is 29. The van der Waals surface area contributed by atoms with Crippen molar-refractivity contribution in [2.24, 2.45) is 17.4 Å². The van der Waals surface area contributed by atoms with Gasteiger partial charge in [-0.25, -0.2) is 4.79 Å². The smallest absolute Gasteiger partial charge is 0.327 e. The number of thioether (sulfide) groups is 2. The Labute approximate surface area is 843 Å². The second kappa shape index (κ2) is 69.1. The molecule has 0 aliphatic carbocycles. The summed E-state index contributed by atoms with van der Waals surface area (Å²) in [7, 11) is 0. The molecule has 2 fully saturated rings. The molecule has 31 N–H and O–H groups in total. The fourth-order valence-corrected chi connectivity index (χ4v) is 17.4. The number of aliphatic hydroxyl groups excluding tert-OH is 11. The number of nitrogens with two attached hydrogens (primary N) is 2. The number of nitrogens with one attached hydrogen (secondary N) is 14. The van der Waals surface area contributed by atoms with Gasteiger partial charge in [-0.15, -0.1) is 0 Å². The van der Waals surface area contributed by atoms with Crippen molar-refractivity contribution in [1.29, 1.82) is 0 Å². The number of nitrogens with zero attached hydrogens (tertiary/aromatic N) is 2. The van der Waals surface area contributed by atoms with E-state index in [9.17, 15) is 133 Å². The quantitative estimate of drug-likeness (QED) is 0.0274. The van der Waals surface area contributed by atoms with Crippen LogP contribution in [0.1, 0.15) is 140 Å². The van der Waals surface area contributed by atoms with Crippen molar-refractivity contribution >= 4 is 118 Å². The Hall–Kier alpha value is -10.1. The summed E-state index contributed by atoms with van der Waals surface area (Å²) >= 11 is 2.45. The van der Waals surface area contributed by atoms with Crippen LogP contribution in [0.2, 0.25) is 0 Å². The molecule has 0 spiro atoms. The van der Waals surface area contributed by atoms with Gasteiger partial charge in [0.2, 0.25) is 82.7 Å². The molecular formula is C92H150N18O32S2. The molecule has 0 unspecified atom stereocenters. The van der Waals surface area contributed by atoms with Crippen molar-refractivity contribution in [1.82, 2.24) is 84.2 Å². The van der Waals surface area contributed by atoms with E-state index in [1.165, 1.54) is 40.2 Å². The van der Waals surface area contributed by atoms with Crippen LogP contribution in [0, 0.1) is 5.92 Å². The number of carboxylic acids is 2. The number of hydrogen-bond acceptors (Lipinski definition) is 36. The van der Waals surface area contributed by atoms with Gasteiger partial charge in [-0.05, 0) is 87.8 Å². The van der Waals surface area contributed by atoms with Crippen molar-refractivity contribution < 1.29 is 157 Å². The van der Waals surface area contributed by atoms with Crippen molar-refractivity contribution in [2.75, 3.05) is 143 Å². The summed E-state index contributed by atoms with van der Waals surface area (Å²) in [6.45, 7) is 1.90. The maximum absolute atomic E-state index is 15.2. The molecule has 2 bridgehead atoms. The number of aliphatic hydroxyl groups is 11. The highest BCUT2D eigenvalue weighted by Crippen LogP contribution is 2.28. The highest BCUT2D eigenvalue weighted by Gasteiger charge is 2.46. The van der Waals surface area contributed by atoms with E-state index in [-0.39, 0.29) is 160 Å². The van der Waals surface area contributed by atoms with Crippen LogP contribution in [0.3, 0.4) is 0 Å². The van der Waals surface area contributed by atoms with Crippen LogP contribution in [0.4, 0.5) is 0 Å². The molecule has 3 heterocycles. The highest BCUT2D eigenvalue weighted by atomic mass is 32.2. The Balaban J connectivity index is 1.16. The topological polar surface area (TPSA) is 791 Å². The molecule has 2 aromatic carbocycles. The molecule has 5 rings (SSSR count). The fraction of sp³-hybridized carbons (Fsp3) is 0.696. The average molecular weight is 2080 g/mol. The lowest BCUT2D eigenvalue weighted by Gasteiger charge is -2.34. The molecule has 2 aromatic rings. The second-order valence-corrected chi connectivity index (χ2v) is 37.3. The lowest BCUT2D eigenvalue weighted by Crippen LogP contribution is -2.61. The fourth-order valence-electron chi connectivity index (χ4n) is 15.4. The third-order valence-electron chi connectivity index (χ3n) is 23.7. The number of carbonyl (C=O) groups is 16. The third-order valence-corrected chi connectivity index (χ3v) is 25.9. The van der Waals surface area contributed by atoms with E-state index in [0.29, 0.717) is 50.8 Å². The van der Waals surface area contributed by atoms with Gasteiger partial charge >= 0.3 is 11.9 Å². The first-order valence-corrected chi connectivity index (χ1v) is 50.9. The van der Waals surface area contributed by atoms with Crippen LogP contribution < -0.4 is 85.9 Å². The summed E-state index contributed by atoms with van der Waals surface area (Å²) in [5.74, 6) is -14.6. The minimum atomic E-state index is -2.03. The molecule has 2 saturated heterocycles. The van der Waals surface area contributed by atoms with Crippen LogP contribution >= 0.6 is 23.5 Å². The van der Waals surface area contributed by atoms with E-state index >= 15 is 4.79 Å². The van der Waals surface area contributed by atoms with E-state index in [1.54, 1.807) is 36.4 Å². The largest absolute Gasteiger partial charge is 0.481 e. The Morgan fingerprint density at radius 2 is 0.972 bits per heavy atom. The van der Waals surface area contributed by atoms with Gasteiger partial charge in [0.15, 0.2) is 0 Å². The molecule has 0 saturated carbocycles. The normalized spacial score (nSPS) is 20.6. The first-order chi connectivity index (χ1) is 68.9. The van der Waals surface area contributed by atoms with E-state index in [1.807, 2.05) is 25.1 Å². The minimum absolute atomic E-state index is 0.0425. The Morgan fingerprint density at radius 1 is 0.479 bits per heavy atom. The number of benzene rings is 2. The van der Waals surface area contributed by atoms with Crippen molar-refractivity contribution in [3.63, 3.8) is 0 Å². The van der Waals surface area contributed by atoms with Crippen LogP contribution in [0.5, 0.6) is 0 Å². The summed E-state index contributed by atoms with van der Waals surface area (Å²) in [5, 5.41) is 167. The number of unbranched alkanes of at least 4 members (excludes halogenated alkanes) is 1. The number of carboxylic acid groups (broad SMARTS) is 2. The van der Waals surface area contributed by atoms with Gasteiger partial charge in [-0.1, -0.05) is 74.4 Å². The van der Waals surface area contributed by atoms with Gasteiger partial charge in [-0.3, -0.25) is 71.9 Å². The van der Waals surface area contributed by atoms with Crippen LogP contribution in [0.15, 0.2) is 54.6 Å². The SMILES string of the molecule is CCCC[C@H](NC(=O)CCC(=O)NCCCOCCOCCOCCCNC(=O)[C@H](CCC(=O)NC[C@H](O)[C@@H](O)[C@H](O)[C@H](O)CO)NC(=O)[C@H](CCC(=O)NC[C@H](O)[C@@H](O)[C@H](O)[C@H](O)CO)NC(=O)C(CNCCN)CNCCN)C(=O)N[C@H]1CSCc2cccc(c2)CSC[C@@H](C(=O)O)NC(=O)[C@H](Cc2ccccc2)NC(=O)[C@H](CCC(=O)O)NC(=O)[C@H]([C@@H](C)O)NC(=O)[C@@H]2CCCN2C(=O)[C@@H]2CCCN2C1=O. The molecule has 14 amide bonds. The van der Waals surface area contributed by atoms with Crippen LogP contribution in [-0.4, -0.2) is 429 Å². The van der Waals surface area contributed by atoms with E-state index in [2.05, 4.69) is 74.4 Å². The van der Waals surface area contributed by atoms with Crippen molar-refractivity contribution in [3.05, 3.63) is 71.3 Å².